The molecule has 122 valence electrons. The van der Waals surface area contributed by atoms with Crippen LogP contribution in [-0.2, 0) is 14.9 Å². The number of rotatable bonds is 4. The third kappa shape index (κ3) is 5.06. The first-order valence-electron chi connectivity index (χ1n) is 7.41. The van der Waals surface area contributed by atoms with Gasteiger partial charge in [0.15, 0.2) is 0 Å². The summed E-state index contributed by atoms with van der Waals surface area (Å²) in [6.07, 6.45) is 0. The zero-order valence-corrected chi connectivity index (χ0v) is 14.2. The summed E-state index contributed by atoms with van der Waals surface area (Å²) in [6.45, 7) is 10.1. The van der Waals surface area contributed by atoms with Gasteiger partial charge >= 0.3 is 12.0 Å². The van der Waals surface area contributed by atoms with E-state index in [1.807, 2.05) is 38.1 Å². The first kappa shape index (κ1) is 18.0. The highest BCUT2D eigenvalue weighted by Gasteiger charge is 2.24. The van der Waals surface area contributed by atoms with Crippen molar-refractivity contribution < 1.29 is 14.3 Å². The fourth-order valence-electron chi connectivity index (χ4n) is 1.99. The van der Waals surface area contributed by atoms with Crippen molar-refractivity contribution in [2.24, 2.45) is 5.92 Å². The second-order valence-corrected chi connectivity index (χ2v) is 6.67. The summed E-state index contributed by atoms with van der Waals surface area (Å²) in [6, 6.07) is 6.57. The van der Waals surface area contributed by atoms with Gasteiger partial charge in [0, 0.05) is 5.69 Å². The predicted molar refractivity (Wildman–Crippen MR) is 87.9 cm³/mol. The van der Waals surface area contributed by atoms with Gasteiger partial charge in [-0.3, -0.25) is 0 Å². The molecular weight excluding hydrogens is 280 g/mol. The summed E-state index contributed by atoms with van der Waals surface area (Å²) in [5.41, 5.74) is 1.93. The zero-order valence-electron chi connectivity index (χ0n) is 14.2. The number of amides is 2. The molecule has 2 N–H and O–H groups in total. The largest absolute Gasteiger partial charge is 0.467 e. The number of benzene rings is 1. The molecule has 0 aliphatic carbocycles. The quantitative estimate of drug-likeness (QED) is 0.839. The number of carbonyl (C=O) groups is 2. The minimum Gasteiger partial charge on any atom is -0.467 e. The fraction of sp³-hybridized carbons (Fsp3) is 0.529. The smallest absolute Gasteiger partial charge is 0.328 e. The summed E-state index contributed by atoms with van der Waals surface area (Å²) >= 11 is 0. The molecule has 0 spiro atoms. The van der Waals surface area contributed by atoms with Gasteiger partial charge < -0.3 is 15.4 Å². The van der Waals surface area contributed by atoms with E-state index in [4.69, 9.17) is 4.74 Å². The van der Waals surface area contributed by atoms with Crippen molar-refractivity contribution in [2.45, 2.75) is 46.1 Å². The highest BCUT2D eigenvalue weighted by Crippen LogP contribution is 2.23. The number of carbonyl (C=O) groups excluding carboxylic acids is 2. The Morgan fingerprint density at radius 3 is 2.05 bits per heavy atom. The Bertz CT molecular complexity index is 516. The molecule has 0 aliphatic heterocycles. The molecule has 0 saturated carbocycles. The van der Waals surface area contributed by atoms with Gasteiger partial charge in [-0.2, -0.15) is 0 Å². The number of hydrogen-bond donors (Lipinski definition) is 2. The molecular formula is C17H26N2O3. The van der Waals surface area contributed by atoms with Crippen LogP contribution in [-0.4, -0.2) is 25.2 Å². The minimum atomic E-state index is -0.668. The standard InChI is InChI=1S/C17H26N2O3/c1-11(2)14(15(20)22-6)19-16(21)18-13-9-7-12(8-10-13)17(3,4)5/h7-11,14H,1-6H3,(H2,18,19,21). The van der Waals surface area contributed by atoms with Crippen LogP contribution < -0.4 is 10.6 Å². The SMILES string of the molecule is COC(=O)C(NC(=O)Nc1ccc(C(C)(C)C)cc1)C(C)C. The third-order valence-corrected chi connectivity index (χ3v) is 3.42. The normalized spacial score (nSPS) is 12.7. The van der Waals surface area contributed by atoms with E-state index in [1.165, 1.54) is 12.7 Å². The van der Waals surface area contributed by atoms with Crippen LogP contribution in [0.15, 0.2) is 24.3 Å². The van der Waals surface area contributed by atoms with Crippen molar-refractivity contribution in [2.75, 3.05) is 12.4 Å². The molecule has 22 heavy (non-hydrogen) atoms. The second kappa shape index (κ2) is 7.29. The Morgan fingerprint density at radius 2 is 1.64 bits per heavy atom. The van der Waals surface area contributed by atoms with Crippen molar-refractivity contribution >= 4 is 17.7 Å². The number of nitrogens with one attached hydrogen (secondary N) is 2. The molecule has 5 heteroatoms. The number of esters is 1. The molecule has 1 aromatic rings. The molecule has 0 aliphatic rings. The maximum absolute atomic E-state index is 12.0. The van der Waals surface area contributed by atoms with Gasteiger partial charge in [-0.1, -0.05) is 46.8 Å². The maximum Gasteiger partial charge on any atom is 0.328 e. The molecule has 1 atom stereocenters. The van der Waals surface area contributed by atoms with E-state index in [0.717, 1.165) is 0 Å². The van der Waals surface area contributed by atoms with Gasteiger partial charge in [-0.15, -0.1) is 0 Å². The molecule has 0 fully saturated rings. The van der Waals surface area contributed by atoms with Crippen LogP contribution >= 0.6 is 0 Å². The first-order chi connectivity index (χ1) is 10.1. The molecule has 0 aromatic heterocycles. The maximum atomic E-state index is 12.0. The Kier molecular flexibility index (Phi) is 5.97. The van der Waals surface area contributed by atoms with Crippen LogP contribution in [0.3, 0.4) is 0 Å². The van der Waals surface area contributed by atoms with Crippen LogP contribution in [0, 0.1) is 5.92 Å². The zero-order chi connectivity index (χ0) is 16.9. The molecule has 2 amide bonds. The summed E-state index contributed by atoms with van der Waals surface area (Å²) in [7, 11) is 1.31. The van der Waals surface area contributed by atoms with Gasteiger partial charge in [0.05, 0.1) is 7.11 Å². The summed E-state index contributed by atoms with van der Waals surface area (Å²) in [5.74, 6) is -0.505. The number of hydrogen-bond acceptors (Lipinski definition) is 3. The summed E-state index contributed by atoms with van der Waals surface area (Å²) in [5, 5.41) is 5.36. The highest BCUT2D eigenvalue weighted by atomic mass is 16.5. The van der Waals surface area contributed by atoms with Crippen molar-refractivity contribution in [3.8, 4) is 0 Å². The third-order valence-electron chi connectivity index (χ3n) is 3.42. The van der Waals surface area contributed by atoms with E-state index >= 15 is 0 Å². The molecule has 1 unspecified atom stereocenters. The molecule has 0 bridgehead atoms. The van der Waals surface area contributed by atoms with Crippen molar-refractivity contribution in [3.63, 3.8) is 0 Å². The van der Waals surface area contributed by atoms with Crippen molar-refractivity contribution in [1.29, 1.82) is 0 Å². The van der Waals surface area contributed by atoms with E-state index in [-0.39, 0.29) is 11.3 Å². The Hall–Kier alpha value is -2.04. The Morgan fingerprint density at radius 1 is 1.09 bits per heavy atom. The molecule has 1 rings (SSSR count). The van der Waals surface area contributed by atoms with Crippen molar-refractivity contribution in [1.82, 2.24) is 5.32 Å². The monoisotopic (exact) mass is 306 g/mol. The predicted octanol–water partition coefficient (Wildman–Crippen LogP) is 3.30. The van der Waals surface area contributed by atoms with Gasteiger partial charge in [0.2, 0.25) is 0 Å². The second-order valence-electron chi connectivity index (χ2n) is 6.67. The number of anilines is 1. The molecule has 0 heterocycles. The lowest BCUT2D eigenvalue weighted by Gasteiger charge is -2.21. The topological polar surface area (TPSA) is 67.4 Å². The van der Waals surface area contributed by atoms with Gasteiger partial charge in [-0.25, -0.2) is 9.59 Å². The van der Waals surface area contributed by atoms with Gasteiger partial charge in [0.1, 0.15) is 6.04 Å². The average Bonchev–Trinajstić information content (AvgIpc) is 2.43. The molecule has 5 nitrogen and oxygen atoms in total. The Balaban J connectivity index is 2.70. The summed E-state index contributed by atoms with van der Waals surface area (Å²) in [4.78, 5) is 23.6. The van der Waals surface area contributed by atoms with E-state index in [0.29, 0.717) is 5.69 Å². The van der Waals surface area contributed by atoms with E-state index in [9.17, 15) is 9.59 Å². The number of methoxy groups -OCH3 is 1. The number of ether oxygens (including phenoxy) is 1. The lowest BCUT2D eigenvalue weighted by atomic mass is 9.87. The number of urea groups is 1. The fourth-order valence-corrected chi connectivity index (χ4v) is 1.99. The minimum absolute atomic E-state index is 0.0542. The molecule has 0 saturated heterocycles. The Labute approximate surface area is 132 Å². The van der Waals surface area contributed by atoms with Crippen LogP contribution in [0.1, 0.15) is 40.2 Å². The molecule has 1 aromatic carbocycles. The lowest BCUT2D eigenvalue weighted by Crippen LogP contribution is -2.46. The summed E-state index contributed by atoms with van der Waals surface area (Å²) < 4.78 is 4.70. The van der Waals surface area contributed by atoms with Crippen LogP contribution in [0.5, 0.6) is 0 Å². The van der Waals surface area contributed by atoms with Crippen molar-refractivity contribution in [3.05, 3.63) is 29.8 Å². The van der Waals surface area contributed by atoms with Crippen LogP contribution in [0.2, 0.25) is 0 Å². The molecule has 0 radical (unpaired) electrons. The van der Waals surface area contributed by atoms with Crippen LogP contribution in [0.4, 0.5) is 10.5 Å². The lowest BCUT2D eigenvalue weighted by molar-refractivity contribution is -0.143. The first-order valence-corrected chi connectivity index (χ1v) is 7.41. The van der Waals surface area contributed by atoms with Crippen LogP contribution in [0.25, 0.3) is 0 Å². The highest BCUT2D eigenvalue weighted by molar-refractivity contribution is 5.92. The van der Waals surface area contributed by atoms with E-state index < -0.39 is 18.0 Å². The van der Waals surface area contributed by atoms with Gasteiger partial charge in [0.25, 0.3) is 0 Å². The van der Waals surface area contributed by atoms with Gasteiger partial charge in [-0.05, 0) is 29.0 Å². The van der Waals surface area contributed by atoms with E-state index in [1.54, 1.807) is 0 Å². The average molecular weight is 306 g/mol. The van der Waals surface area contributed by atoms with E-state index in [2.05, 4.69) is 31.4 Å².